The van der Waals surface area contributed by atoms with Gasteiger partial charge in [0, 0.05) is 12.2 Å². The Bertz CT molecular complexity index is 433. The molecule has 4 nitrogen and oxygen atoms in total. The second-order valence-electron chi connectivity index (χ2n) is 4.89. The van der Waals surface area contributed by atoms with Crippen LogP contribution < -0.4 is 11.1 Å². The monoisotopic (exact) mass is 406 g/mol. The Balaban J connectivity index is 0.00000200. The number of nitrogens with zero attached hydrogens (tertiary/aromatic N) is 2. The Kier molecular flexibility index (Phi) is 8.28. The van der Waals surface area contributed by atoms with Gasteiger partial charge < -0.3 is 11.1 Å². The molecule has 1 aromatic heterocycles. The smallest absolute Gasteiger partial charge is 0.189 e. The van der Waals surface area contributed by atoms with E-state index >= 15 is 0 Å². The second kappa shape index (κ2) is 9.44. The Hall–Kier alpha value is -0.500. The van der Waals surface area contributed by atoms with Crippen molar-refractivity contribution in [1.82, 2.24) is 10.3 Å². The molecular weight excluding hydrogens is 383 g/mol. The fourth-order valence-corrected chi connectivity index (χ4v) is 2.77. The fraction of sp³-hybridized carbons (Fsp3) is 0.571. The summed E-state index contributed by atoms with van der Waals surface area (Å²) in [5, 5.41) is 4.34. The number of thioether (sulfide) groups is 1. The van der Waals surface area contributed by atoms with Crippen molar-refractivity contribution in [1.29, 1.82) is 0 Å². The highest BCUT2D eigenvalue weighted by Gasteiger charge is 2.13. The number of guanidine groups is 1. The number of nitrogens with one attached hydrogen (secondary N) is 1. The minimum Gasteiger partial charge on any atom is -0.370 e. The summed E-state index contributed by atoms with van der Waals surface area (Å²) in [6.07, 6.45) is 10.2. The molecule has 1 fully saturated rings. The number of aliphatic imine (C=N–C) groups is 1. The van der Waals surface area contributed by atoms with Crippen LogP contribution in [0.15, 0.2) is 28.3 Å². The van der Waals surface area contributed by atoms with Crippen LogP contribution >= 0.6 is 35.7 Å². The molecule has 0 unspecified atom stereocenters. The quantitative estimate of drug-likeness (QED) is 0.349. The van der Waals surface area contributed by atoms with Crippen molar-refractivity contribution in [3.8, 4) is 0 Å². The van der Waals surface area contributed by atoms with Gasteiger partial charge in [-0.1, -0.05) is 19.3 Å². The molecule has 112 valence electrons. The number of rotatable bonds is 4. The highest BCUT2D eigenvalue weighted by atomic mass is 127. The lowest BCUT2D eigenvalue weighted by Crippen LogP contribution is -2.41. The van der Waals surface area contributed by atoms with E-state index < -0.39 is 0 Å². The Labute approximate surface area is 142 Å². The predicted molar refractivity (Wildman–Crippen MR) is 96.8 cm³/mol. The normalized spacial score (nSPS) is 16.6. The zero-order valence-corrected chi connectivity index (χ0v) is 15.0. The summed E-state index contributed by atoms with van der Waals surface area (Å²) in [4.78, 5) is 8.66. The second-order valence-corrected chi connectivity index (χ2v) is 5.71. The van der Waals surface area contributed by atoms with E-state index in [-0.39, 0.29) is 24.0 Å². The van der Waals surface area contributed by atoms with E-state index in [1.165, 1.54) is 32.1 Å². The molecule has 0 atom stereocenters. The van der Waals surface area contributed by atoms with Crippen LogP contribution in [0.1, 0.15) is 37.7 Å². The largest absolute Gasteiger partial charge is 0.370 e. The minimum atomic E-state index is 0. The van der Waals surface area contributed by atoms with Crippen LogP contribution in [0.3, 0.4) is 0 Å². The molecule has 1 aliphatic rings. The number of nitrogens with two attached hydrogens (primary N) is 1. The Morgan fingerprint density at radius 2 is 2.20 bits per heavy atom. The molecule has 0 spiro atoms. The molecule has 20 heavy (non-hydrogen) atoms. The summed E-state index contributed by atoms with van der Waals surface area (Å²) < 4.78 is 0. The third-order valence-electron chi connectivity index (χ3n) is 3.40. The lowest BCUT2D eigenvalue weighted by molar-refractivity contribution is 0.412. The topological polar surface area (TPSA) is 63.3 Å². The SMILES string of the molecule is CSc1cc(CN=C(N)NC2CCCCC2)ccn1.I. The van der Waals surface area contributed by atoms with Crippen LogP contribution in [0.2, 0.25) is 0 Å². The van der Waals surface area contributed by atoms with Gasteiger partial charge >= 0.3 is 0 Å². The fourth-order valence-electron chi connectivity index (χ4n) is 2.34. The van der Waals surface area contributed by atoms with Gasteiger partial charge in [-0.2, -0.15) is 0 Å². The molecule has 0 radical (unpaired) electrons. The maximum absolute atomic E-state index is 5.94. The van der Waals surface area contributed by atoms with Gasteiger partial charge in [-0.15, -0.1) is 35.7 Å². The number of pyridine rings is 1. The molecule has 0 aromatic carbocycles. The molecule has 6 heteroatoms. The van der Waals surface area contributed by atoms with Crippen molar-refractivity contribution in [3.05, 3.63) is 23.9 Å². The molecule has 2 rings (SSSR count). The van der Waals surface area contributed by atoms with Crippen LogP contribution in [0, 0.1) is 0 Å². The summed E-state index contributed by atoms with van der Waals surface area (Å²) in [5.74, 6) is 0.564. The molecule has 3 N–H and O–H groups in total. The van der Waals surface area contributed by atoms with Crippen LogP contribution in [0.4, 0.5) is 0 Å². The molecule has 1 aliphatic carbocycles. The molecule has 0 amide bonds. The third-order valence-corrected chi connectivity index (χ3v) is 4.04. The molecule has 0 aliphatic heterocycles. The van der Waals surface area contributed by atoms with Gasteiger partial charge in [-0.3, -0.25) is 0 Å². The van der Waals surface area contributed by atoms with E-state index in [1.54, 1.807) is 11.8 Å². The van der Waals surface area contributed by atoms with E-state index in [9.17, 15) is 0 Å². The first-order valence-electron chi connectivity index (χ1n) is 6.83. The first kappa shape index (κ1) is 17.6. The average Bonchev–Trinajstić information content (AvgIpc) is 2.46. The maximum Gasteiger partial charge on any atom is 0.189 e. The zero-order valence-electron chi connectivity index (χ0n) is 11.8. The Morgan fingerprint density at radius 3 is 2.90 bits per heavy atom. The molecule has 1 aromatic rings. The van der Waals surface area contributed by atoms with Crippen LogP contribution in [-0.4, -0.2) is 23.2 Å². The maximum atomic E-state index is 5.94. The van der Waals surface area contributed by atoms with Gasteiger partial charge in [0.1, 0.15) is 0 Å². The van der Waals surface area contributed by atoms with Crippen molar-refractivity contribution in [3.63, 3.8) is 0 Å². The van der Waals surface area contributed by atoms with Gasteiger partial charge in [-0.25, -0.2) is 9.98 Å². The summed E-state index contributed by atoms with van der Waals surface area (Å²) in [6.45, 7) is 0.613. The van der Waals surface area contributed by atoms with Gasteiger partial charge in [0.15, 0.2) is 5.96 Å². The first-order chi connectivity index (χ1) is 9.28. The number of hydrogen-bond acceptors (Lipinski definition) is 3. The van der Waals surface area contributed by atoms with Crippen LogP contribution in [0.5, 0.6) is 0 Å². The summed E-state index contributed by atoms with van der Waals surface area (Å²) >= 11 is 1.64. The van der Waals surface area contributed by atoms with Crippen molar-refractivity contribution >= 4 is 41.7 Å². The van der Waals surface area contributed by atoms with Crippen molar-refractivity contribution in [2.75, 3.05) is 6.26 Å². The Morgan fingerprint density at radius 1 is 1.45 bits per heavy atom. The van der Waals surface area contributed by atoms with E-state index in [0.29, 0.717) is 18.5 Å². The van der Waals surface area contributed by atoms with Crippen LogP contribution in [0.25, 0.3) is 0 Å². The summed E-state index contributed by atoms with van der Waals surface area (Å²) in [6, 6.07) is 4.55. The number of halogens is 1. The third kappa shape index (κ3) is 5.87. The van der Waals surface area contributed by atoms with Gasteiger partial charge in [0.05, 0.1) is 11.6 Å². The number of aromatic nitrogens is 1. The first-order valence-corrected chi connectivity index (χ1v) is 8.06. The van der Waals surface area contributed by atoms with Crippen molar-refractivity contribution in [2.45, 2.75) is 49.7 Å². The van der Waals surface area contributed by atoms with Crippen molar-refractivity contribution < 1.29 is 0 Å². The highest BCUT2D eigenvalue weighted by Crippen LogP contribution is 2.17. The van der Waals surface area contributed by atoms with Crippen LogP contribution in [-0.2, 0) is 6.54 Å². The van der Waals surface area contributed by atoms with E-state index in [2.05, 4.69) is 21.4 Å². The highest BCUT2D eigenvalue weighted by molar-refractivity contribution is 14.0. The predicted octanol–water partition coefficient (Wildman–Crippen LogP) is 3.16. The standard InChI is InChI=1S/C14H22N4S.HI/c1-19-13-9-11(7-8-16-13)10-17-14(15)18-12-5-3-2-4-6-12;/h7-9,12H,2-6,10H2,1H3,(H3,15,17,18);1H. The average molecular weight is 406 g/mol. The molecule has 0 saturated heterocycles. The molecule has 1 heterocycles. The molecule has 0 bridgehead atoms. The summed E-state index contributed by atoms with van der Waals surface area (Å²) in [7, 11) is 0. The molecular formula is C14H23IN4S. The van der Waals surface area contributed by atoms with Gasteiger partial charge in [0.25, 0.3) is 0 Å². The summed E-state index contributed by atoms with van der Waals surface area (Å²) in [5.41, 5.74) is 7.09. The zero-order chi connectivity index (χ0) is 13.5. The number of hydrogen-bond donors (Lipinski definition) is 2. The van der Waals surface area contributed by atoms with E-state index in [1.807, 2.05) is 18.5 Å². The van der Waals surface area contributed by atoms with Gasteiger partial charge in [-0.05, 0) is 36.8 Å². The van der Waals surface area contributed by atoms with Crippen molar-refractivity contribution in [2.24, 2.45) is 10.7 Å². The molecule has 1 saturated carbocycles. The minimum absolute atomic E-state index is 0. The van der Waals surface area contributed by atoms with E-state index in [0.717, 1.165) is 10.6 Å². The lowest BCUT2D eigenvalue weighted by atomic mass is 9.96. The van der Waals surface area contributed by atoms with E-state index in [4.69, 9.17) is 5.73 Å². The van der Waals surface area contributed by atoms with Gasteiger partial charge in [0.2, 0.25) is 0 Å². The lowest BCUT2D eigenvalue weighted by Gasteiger charge is -2.23.